The second kappa shape index (κ2) is 9.68. The minimum Gasteiger partial charge on any atom is -0.266 e. The molecule has 0 saturated heterocycles. The van der Waals surface area contributed by atoms with E-state index in [1.807, 2.05) is 0 Å². The van der Waals surface area contributed by atoms with E-state index in [-0.39, 0.29) is 36.0 Å². The maximum atomic E-state index is 13.2. The molecule has 30 heavy (non-hydrogen) atoms. The molecule has 0 atom stereocenters. The molecule has 0 amide bonds. The van der Waals surface area contributed by atoms with Gasteiger partial charge in [-0.05, 0) is 54.6 Å². The lowest BCUT2D eigenvalue weighted by Crippen LogP contribution is -2.33. The Morgan fingerprint density at radius 3 is 2.27 bits per heavy atom. The number of pyridine rings is 1. The number of hydrogen-bond donors (Lipinski definition) is 0. The van der Waals surface area contributed by atoms with Crippen molar-refractivity contribution >= 4 is 39.7 Å². The number of hydrogen-bond acceptors (Lipinski definition) is 3. The maximum absolute atomic E-state index is 13.2. The van der Waals surface area contributed by atoms with Crippen LogP contribution in [0.15, 0.2) is 77.8 Å². The molecule has 0 aliphatic carbocycles. The normalized spacial score (nSPS) is 11.6. The highest BCUT2D eigenvalue weighted by atomic mass is 35.5. The van der Waals surface area contributed by atoms with Crippen LogP contribution in [-0.4, -0.2) is 19.9 Å². The van der Waals surface area contributed by atoms with Crippen LogP contribution in [-0.2, 0) is 22.6 Å². The zero-order chi connectivity index (χ0) is 21.1. The molecule has 0 spiro atoms. The Morgan fingerprint density at radius 1 is 0.967 bits per heavy atom. The molecule has 0 saturated carbocycles. The number of aromatic nitrogens is 1. The van der Waals surface area contributed by atoms with Gasteiger partial charge in [0, 0.05) is 29.9 Å². The number of sulfonamides is 1. The Balaban J connectivity index is 0.00000320. The average Bonchev–Trinajstić information content (AvgIpc) is 2.69. The van der Waals surface area contributed by atoms with Crippen LogP contribution in [0.25, 0.3) is 0 Å². The number of nitrogens with zero attached hydrogens (tertiary/aromatic N) is 2. The van der Waals surface area contributed by atoms with E-state index >= 15 is 0 Å². The van der Waals surface area contributed by atoms with E-state index in [1.165, 1.54) is 36.4 Å². The third-order valence-corrected chi connectivity index (χ3v) is 6.25. The quantitative estimate of drug-likeness (QED) is 0.464. The Kier molecular flexibility index (Phi) is 7.74. The zero-order valence-electron chi connectivity index (χ0n) is 15.4. The lowest BCUT2D eigenvalue weighted by molar-refractivity contribution is -0.137. The van der Waals surface area contributed by atoms with Crippen LogP contribution in [0.2, 0.25) is 5.02 Å². The summed E-state index contributed by atoms with van der Waals surface area (Å²) in [5.41, 5.74) is -0.384. The van der Waals surface area contributed by atoms with E-state index in [1.54, 1.807) is 24.4 Å². The summed E-state index contributed by atoms with van der Waals surface area (Å²) in [4.78, 5) is 4.08. The summed E-state index contributed by atoms with van der Waals surface area (Å²) in [7, 11) is -4.12. The van der Waals surface area contributed by atoms with Gasteiger partial charge in [-0.3, -0.25) is 9.29 Å². The first kappa shape index (κ1) is 24.0. The fourth-order valence-corrected chi connectivity index (χ4v) is 4.30. The summed E-state index contributed by atoms with van der Waals surface area (Å²) < 4.78 is 66.8. The minimum absolute atomic E-state index is 0. The highest BCUT2D eigenvalue weighted by molar-refractivity contribution is 7.92. The van der Waals surface area contributed by atoms with E-state index in [2.05, 4.69) is 4.98 Å². The Labute approximate surface area is 183 Å². The summed E-state index contributed by atoms with van der Waals surface area (Å²) in [6.45, 7) is -0.0801. The largest absolute Gasteiger partial charge is 0.416 e. The van der Waals surface area contributed by atoms with Gasteiger partial charge in [-0.2, -0.15) is 13.2 Å². The van der Waals surface area contributed by atoms with Gasteiger partial charge in [-0.15, -0.1) is 12.4 Å². The van der Waals surface area contributed by atoms with Gasteiger partial charge >= 0.3 is 6.18 Å². The second-order valence-electron chi connectivity index (χ2n) is 6.15. The first-order chi connectivity index (χ1) is 13.7. The Hall–Kier alpha value is -2.29. The topological polar surface area (TPSA) is 50.3 Å². The van der Waals surface area contributed by atoms with Crippen molar-refractivity contribution in [3.05, 3.63) is 89.2 Å². The summed E-state index contributed by atoms with van der Waals surface area (Å²) in [5, 5.41) is 0.350. The van der Waals surface area contributed by atoms with Crippen molar-refractivity contribution in [3.63, 3.8) is 0 Å². The van der Waals surface area contributed by atoms with Crippen LogP contribution < -0.4 is 4.31 Å². The molecule has 0 aliphatic rings. The molecule has 160 valence electrons. The first-order valence-electron chi connectivity index (χ1n) is 8.53. The van der Waals surface area contributed by atoms with Crippen LogP contribution in [0, 0.1) is 0 Å². The smallest absolute Gasteiger partial charge is 0.266 e. The first-order valence-corrected chi connectivity index (χ1v) is 10.4. The van der Waals surface area contributed by atoms with Crippen LogP contribution in [0.1, 0.15) is 11.3 Å². The summed E-state index contributed by atoms with van der Waals surface area (Å²) in [6, 6.07) is 14.9. The van der Waals surface area contributed by atoms with E-state index in [0.29, 0.717) is 10.7 Å². The third kappa shape index (κ3) is 5.65. The number of rotatable bonds is 6. The number of halogens is 5. The summed E-state index contributed by atoms with van der Waals surface area (Å²) in [5.74, 6) is 0. The van der Waals surface area contributed by atoms with Crippen molar-refractivity contribution in [2.24, 2.45) is 0 Å². The zero-order valence-corrected chi connectivity index (χ0v) is 17.8. The lowest BCUT2D eigenvalue weighted by atomic mass is 10.2. The molecule has 0 fully saturated rings. The molecule has 0 N–H and O–H groups in total. The molecule has 0 aliphatic heterocycles. The summed E-state index contributed by atoms with van der Waals surface area (Å²) >= 11 is 5.83. The van der Waals surface area contributed by atoms with Crippen LogP contribution in [0.4, 0.5) is 18.9 Å². The molecule has 4 nitrogen and oxygen atoms in total. The van der Waals surface area contributed by atoms with Crippen molar-refractivity contribution in [1.82, 2.24) is 4.98 Å². The molecular weight excluding hydrogens is 460 g/mol. The molecule has 1 aromatic heterocycles. The Bertz CT molecular complexity index is 1080. The Morgan fingerprint density at radius 2 is 1.67 bits per heavy atom. The van der Waals surface area contributed by atoms with Crippen molar-refractivity contribution in [1.29, 1.82) is 0 Å². The van der Waals surface area contributed by atoms with Gasteiger partial charge in [0.25, 0.3) is 10.0 Å². The molecule has 3 rings (SSSR count). The number of alkyl halides is 3. The van der Waals surface area contributed by atoms with Crippen molar-refractivity contribution < 1.29 is 21.6 Å². The SMILES string of the molecule is Cl.O=S(=O)(c1ccc(Cl)cc1)N(CCc1ccccn1)c1cccc(C(F)(F)F)c1. The monoisotopic (exact) mass is 476 g/mol. The predicted molar refractivity (Wildman–Crippen MR) is 113 cm³/mol. The van der Waals surface area contributed by atoms with Crippen molar-refractivity contribution in [2.75, 3.05) is 10.8 Å². The molecule has 0 radical (unpaired) electrons. The molecule has 2 aromatic carbocycles. The molecule has 10 heteroatoms. The van der Waals surface area contributed by atoms with E-state index in [9.17, 15) is 21.6 Å². The molecule has 0 unspecified atom stereocenters. The fourth-order valence-electron chi connectivity index (χ4n) is 2.72. The number of anilines is 1. The molecule has 1 heterocycles. The van der Waals surface area contributed by atoms with Crippen LogP contribution in [0.5, 0.6) is 0 Å². The van der Waals surface area contributed by atoms with E-state index < -0.39 is 21.8 Å². The minimum atomic E-state index is -4.59. The predicted octanol–water partition coefficient (Wildman–Crippen LogP) is 5.61. The van der Waals surface area contributed by atoms with Gasteiger partial charge in [0.05, 0.1) is 16.1 Å². The standard InChI is InChI=1S/C20H16ClF3N2O2S.ClH/c21-16-7-9-19(10-8-16)29(27,28)26(13-11-17-5-1-2-12-25-17)18-6-3-4-15(14-18)20(22,23)24;/h1-10,12,14H,11,13H2;1H. The molecule has 3 aromatic rings. The van der Waals surface area contributed by atoms with Gasteiger partial charge in [-0.1, -0.05) is 23.7 Å². The maximum Gasteiger partial charge on any atom is 0.416 e. The highest BCUT2D eigenvalue weighted by Gasteiger charge is 2.32. The van der Waals surface area contributed by atoms with Crippen LogP contribution in [0.3, 0.4) is 0 Å². The number of benzene rings is 2. The summed E-state index contributed by atoms with van der Waals surface area (Å²) in [6.07, 6.45) is -2.80. The van der Waals surface area contributed by atoms with Gasteiger partial charge in [0.15, 0.2) is 0 Å². The van der Waals surface area contributed by atoms with Crippen molar-refractivity contribution in [2.45, 2.75) is 17.5 Å². The van der Waals surface area contributed by atoms with Crippen molar-refractivity contribution in [3.8, 4) is 0 Å². The average molecular weight is 477 g/mol. The third-order valence-electron chi connectivity index (χ3n) is 4.16. The van der Waals surface area contributed by atoms with Gasteiger partial charge in [0.1, 0.15) is 0 Å². The highest BCUT2D eigenvalue weighted by Crippen LogP contribution is 2.33. The fraction of sp³-hybridized carbons (Fsp3) is 0.150. The lowest BCUT2D eigenvalue weighted by Gasteiger charge is -2.25. The van der Waals surface area contributed by atoms with Gasteiger partial charge in [-0.25, -0.2) is 8.42 Å². The van der Waals surface area contributed by atoms with E-state index in [0.717, 1.165) is 16.4 Å². The molecular formula is C20H17Cl2F3N2O2S. The second-order valence-corrected chi connectivity index (χ2v) is 8.45. The van der Waals surface area contributed by atoms with Crippen LogP contribution >= 0.6 is 24.0 Å². The van der Waals surface area contributed by atoms with Gasteiger partial charge in [0.2, 0.25) is 0 Å². The van der Waals surface area contributed by atoms with Gasteiger partial charge < -0.3 is 0 Å². The molecule has 0 bridgehead atoms. The van der Waals surface area contributed by atoms with E-state index in [4.69, 9.17) is 11.6 Å².